The van der Waals surface area contributed by atoms with E-state index < -0.39 is 27.8 Å². The van der Waals surface area contributed by atoms with Gasteiger partial charge in [-0.3, -0.25) is 0 Å². The molecular weight excluding hydrogens is 414 g/mol. The van der Waals surface area contributed by atoms with E-state index in [2.05, 4.69) is 15.2 Å². The lowest BCUT2D eigenvalue weighted by atomic mass is 10.0. The summed E-state index contributed by atoms with van der Waals surface area (Å²) < 4.78 is 59.6. The first-order chi connectivity index (χ1) is 14.3. The molecule has 2 aliphatic heterocycles. The van der Waals surface area contributed by atoms with E-state index in [9.17, 15) is 17.2 Å². The van der Waals surface area contributed by atoms with Crippen LogP contribution in [-0.2, 0) is 14.8 Å². The molecule has 0 bridgehead atoms. The molecule has 1 aromatic heterocycles. The number of hydrogen-bond donors (Lipinski definition) is 1. The van der Waals surface area contributed by atoms with Crippen molar-refractivity contribution >= 4 is 15.8 Å². The number of nitrogens with zero attached hydrogens (tertiary/aromatic N) is 3. The number of anilines is 1. The fraction of sp³-hybridized carbons (Fsp3) is 0.450. The Labute approximate surface area is 174 Å². The fourth-order valence-corrected chi connectivity index (χ4v) is 5.11. The van der Waals surface area contributed by atoms with Crippen LogP contribution in [-0.4, -0.2) is 68.5 Å². The van der Waals surface area contributed by atoms with Crippen LogP contribution in [0, 0.1) is 11.6 Å². The van der Waals surface area contributed by atoms with Crippen LogP contribution in [0.1, 0.15) is 18.1 Å². The van der Waals surface area contributed by atoms with Gasteiger partial charge in [-0.1, -0.05) is 6.07 Å². The molecule has 2 aliphatic rings. The normalized spacial score (nSPS) is 23.6. The summed E-state index contributed by atoms with van der Waals surface area (Å²) >= 11 is 0. The first-order valence-corrected chi connectivity index (χ1v) is 11.3. The van der Waals surface area contributed by atoms with E-state index in [0.717, 1.165) is 12.1 Å². The van der Waals surface area contributed by atoms with Crippen molar-refractivity contribution < 1.29 is 21.9 Å². The number of likely N-dealkylation sites (N-methyl/N-ethyl adjacent to an activating group) is 1. The number of halogens is 2. The van der Waals surface area contributed by atoms with Crippen LogP contribution in [0.15, 0.2) is 41.4 Å². The van der Waals surface area contributed by atoms with E-state index in [0.29, 0.717) is 50.6 Å². The molecule has 10 heteroatoms. The molecule has 30 heavy (non-hydrogen) atoms. The van der Waals surface area contributed by atoms with Crippen LogP contribution in [0.4, 0.5) is 14.6 Å². The van der Waals surface area contributed by atoms with Gasteiger partial charge in [-0.25, -0.2) is 22.2 Å². The van der Waals surface area contributed by atoms with Gasteiger partial charge in [-0.05, 0) is 43.3 Å². The monoisotopic (exact) mass is 438 g/mol. The summed E-state index contributed by atoms with van der Waals surface area (Å²) in [6, 6.07) is 6.68. The van der Waals surface area contributed by atoms with Crippen LogP contribution >= 0.6 is 0 Å². The van der Waals surface area contributed by atoms with Gasteiger partial charge < -0.3 is 15.0 Å². The maximum absolute atomic E-state index is 13.6. The Balaban J connectivity index is 1.46. The molecule has 1 aromatic carbocycles. The second-order valence-electron chi connectivity index (χ2n) is 7.59. The molecule has 1 N–H and O–H groups in total. The second kappa shape index (κ2) is 8.54. The Hall–Kier alpha value is -2.14. The van der Waals surface area contributed by atoms with E-state index >= 15 is 0 Å². The summed E-state index contributed by atoms with van der Waals surface area (Å²) in [7, 11) is -1.61. The molecule has 0 radical (unpaired) electrons. The van der Waals surface area contributed by atoms with Gasteiger partial charge in [-0.15, -0.1) is 0 Å². The van der Waals surface area contributed by atoms with E-state index in [-0.39, 0.29) is 10.9 Å². The molecule has 2 aromatic rings. The highest BCUT2D eigenvalue weighted by Crippen LogP contribution is 2.32. The Kier molecular flexibility index (Phi) is 6.01. The SMILES string of the molecule is CN1CCN(S(=O)(=O)c2ccc(NC3CCOC3c3ccc(F)c(F)c3)nc2)CC1. The van der Waals surface area contributed by atoms with E-state index in [4.69, 9.17) is 4.74 Å². The average Bonchev–Trinajstić information content (AvgIpc) is 3.19. The molecule has 2 fully saturated rings. The predicted octanol–water partition coefficient (Wildman–Crippen LogP) is 2.24. The number of sulfonamides is 1. The first kappa shape index (κ1) is 21.1. The van der Waals surface area contributed by atoms with Crippen molar-refractivity contribution in [3.63, 3.8) is 0 Å². The first-order valence-electron chi connectivity index (χ1n) is 9.82. The van der Waals surface area contributed by atoms with Gasteiger partial charge >= 0.3 is 0 Å². The zero-order valence-electron chi connectivity index (χ0n) is 16.6. The largest absolute Gasteiger partial charge is 0.371 e. The summed E-state index contributed by atoms with van der Waals surface area (Å²) in [6.45, 7) is 2.76. The highest BCUT2D eigenvalue weighted by Gasteiger charge is 2.31. The Bertz CT molecular complexity index is 996. The molecule has 0 spiro atoms. The quantitative estimate of drug-likeness (QED) is 0.772. The van der Waals surface area contributed by atoms with Gasteiger partial charge in [0.1, 0.15) is 16.8 Å². The number of rotatable bonds is 5. The Morgan fingerprint density at radius 3 is 2.53 bits per heavy atom. The van der Waals surface area contributed by atoms with Crippen molar-refractivity contribution in [2.75, 3.05) is 45.2 Å². The van der Waals surface area contributed by atoms with E-state index in [1.54, 1.807) is 6.07 Å². The molecule has 0 saturated carbocycles. The van der Waals surface area contributed by atoms with Crippen LogP contribution in [0.5, 0.6) is 0 Å². The number of hydrogen-bond acceptors (Lipinski definition) is 6. The lowest BCUT2D eigenvalue weighted by molar-refractivity contribution is 0.107. The van der Waals surface area contributed by atoms with Crippen LogP contribution in [0.25, 0.3) is 0 Å². The lowest BCUT2D eigenvalue weighted by Crippen LogP contribution is -2.47. The summed E-state index contributed by atoms with van der Waals surface area (Å²) in [5.41, 5.74) is 0.540. The number of piperazine rings is 1. The molecule has 3 heterocycles. The summed E-state index contributed by atoms with van der Waals surface area (Å²) in [5, 5.41) is 3.22. The third-order valence-corrected chi connectivity index (χ3v) is 7.42. The minimum atomic E-state index is -3.58. The summed E-state index contributed by atoms with van der Waals surface area (Å²) in [6.07, 6.45) is 1.56. The molecule has 2 atom stereocenters. The van der Waals surface area contributed by atoms with Gasteiger partial charge in [-0.2, -0.15) is 4.31 Å². The number of aromatic nitrogens is 1. The van der Waals surface area contributed by atoms with Crippen molar-refractivity contribution in [2.24, 2.45) is 0 Å². The molecule has 0 aliphatic carbocycles. The number of benzene rings is 1. The van der Waals surface area contributed by atoms with Gasteiger partial charge in [0.15, 0.2) is 11.6 Å². The standard InChI is InChI=1S/C20H24F2N4O3S/c1-25-7-9-26(10-8-25)30(27,28)15-3-5-19(23-13-15)24-18-6-11-29-20(18)14-2-4-16(21)17(22)12-14/h2-5,12-13,18,20H,6-11H2,1H3,(H,23,24). The number of ether oxygens (including phenoxy) is 1. The molecule has 0 amide bonds. The molecular formula is C20H24F2N4O3S. The van der Waals surface area contributed by atoms with Crippen molar-refractivity contribution in [3.05, 3.63) is 53.7 Å². The lowest BCUT2D eigenvalue weighted by Gasteiger charge is -2.31. The summed E-state index contributed by atoms with van der Waals surface area (Å²) in [4.78, 5) is 6.50. The van der Waals surface area contributed by atoms with Crippen LogP contribution in [0.3, 0.4) is 0 Å². The predicted molar refractivity (Wildman–Crippen MR) is 108 cm³/mol. The third kappa shape index (κ3) is 4.31. The number of nitrogens with one attached hydrogen (secondary N) is 1. The molecule has 2 unspecified atom stereocenters. The van der Waals surface area contributed by atoms with Gasteiger partial charge in [0.05, 0.1) is 6.04 Å². The smallest absolute Gasteiger partial charge is 0.244 e. The summed E-state index contributed by atoms with van der Waals surface area (Å²) in [5.74, 6) is -1.33. The van der Waals surface area contributed by atoms with Crippen molar-refractivity contribution in [2.45, 2.75) is 23.5 Å². The highest BCUT2D eigenvalue weighted by molar-refractivity contribution is 7.89. The minimum Gasteiger partial charge on any atom is -0.371 e. The minimum absolute atomic E-state index is 0.150. The van der Waals surface area contributed by atoms with E-state index in [1.807, 2.05) is 7.05 Å². The Morgan fingerprint density at radius 2 is 1.87 bits per heavy atom. The van der Waals surface area contributed by atoms with Crippen LogP contribution in [0.2, 0.25) is 0 Å². The van der Waals surface area contributed by atoms with E-state index in [1.165, 1.54) is 22.6 Å². The number of pyridine rings is 1. The average molecular weight is 439 g/mol. The zero-order chi connectivity index (χ0) is 21.3. The molecule has 4 rings (SSSR count). The van der Waals surface area contributed by atoms with Crippen LogP contribution < -0.4 is 5.32 Å². The topological polar surface area (TPSA) is 74.8 Å². The second-order valence-corrected chi connectivity index (χ2v) is 9.53. The van der Waals surface area contributed by atoms with Gasteiger partial charge in [0.2, 0.25) is 10.0 Å². The van der Waals surface area contributed by atoms with Crippen molar-refractivity contribution in [1.29, 1.82) is 0 Å². The highest BCUT2D eigenvalue weighted by atomic mass is 32.2. The third-order valence-electron chi connectivity index (χ3n) is 5.53. The van der Waals surface area contributed by atoms with Crippen molar-refractivity contribution in [1.82, 2.24) is 14.2 Å². The Morgan fingerprint density at radius 1 is 1.10 bits per heavy atom. The van der Waals surface area contributed by atoms with Gasteiger partial charge in [0, 0.05) is 39.0 Å². The maximum atomic E-state index is 13.6. The maximum Gasteiger partial charge on any atom is 0.244 e. The zero-order valence-corrected chi connectivity index (χ0v) is 17.4. The van der Waals surface area contributed by atoms with Crippen molar-refractivity contribution in [3.8, 4) is 0 Å². The fourth-order valence-electron chi connectivity index (χ4n) is 3.74. The molecule has 7 nitrogen and oxygen atoms in total. The molecule has 2 saturated heterocycles. The molecule has 162 valence electrons. The van der Waals surface area contributed by atoms with Gasteiger partial charge in [0.25, 0.3) is 0 Å².